The quantitative estimate of drug-likeness (QED) is 0.781. The topological polar surface area (TPSA) is 79.7 Å². The van der Waals surface area contributed by atoms with Gasteiger partial charge in [0.05, 0.1) is 11.9 Å². The molecule has 1 atom stereocenters. The summed E-state index contributed by atoms with van der Waals surface area (Å²) in [5.74, 6) is 0.344. The lowest BCUT2D eigenvalue weighted by molar-refractivity contribution is 0.0707. The molecule has 118 valence electrons. The van der Waals surface area contributed by atoms with E-state index in [1.807, 2.05) is 22.6 Å². The van der Waals surface area contributed by atoms with E-state index in [2.05, 4.69) is 20.2 Å². The monoisotopic (exact) mass is 310 g/mol. The summed E-state index contributed by atoms with van der Waals surface area (Å²) in [6.45, 7) is 1.48. The van der Waals surface area contributed by atoms with Crippen LogP contribution in [-0.4, -0.2) is 48.6 Å². The van der Waals surface area contributed by atoms with Gasteiger partial charge in [0, 0.05) is 44.1 Å². The van der Waals surface area contributed by atoms with E-state index in [4.69, 9.17) is 0 Å². The fourth-order valence-corrected chi connectivity index (χ4v) is 3.28. The highest BCUT2D eigenvalue weighted by Crippen LogP contribution is 2.27. The van der Waals surface area contributed by atoms with E-state index in [9.17, 15) is 4.79 Å². The first-order valence-electron chi connectivity index (χ1n) is 7.78. The van der Waals surface area contributed by atoms with Gasteiger partial charge in [0.1, 0.15) is 5.52 Å². The molecule has 1 amide bonds. The number of aryl methyl sites for hydroxylation is 1. The van der Waals surface area contributed by atoms with Crippen molar-refractivity contribution in [2.45, 2.75) is 18.8 Å². The van der Waals surface area contributed by atoms with Gasteiger partial charge in [-0.2, -0.15) is 5.10 Å². The van der Waals surface area contributed by atoms with Crippen molar-refractivity contribution in [3.8, 4) is 0 Å². The van der Waals surface area contributed by atoms with Gasteiger partial charge in [0.25, 0.3) is 5.91 Å². The van der Waals surface area contributed by atoms with Gasteiger partial charge in [-0.25, -0.2) is 9.97 Å². The lowest BCUT2D eigenvalue weighted by Crippen LogP contribution is -2.39. The SMILES string of the molecule is Cn1cnc2c(C(=O)N3CCCC(c4ccn[nH]4)C3)ccnc21. The first-order valence-corrected chi connectivity index (χ1v) is 7.78. The molecular weight excluding hydrogens is 292 g/mol. The molecule has 1 fully saturated rings. The number of amides is 1. The number of aromatic amines is 1. The minimum absolute atomic E-state index is 0.0281. The summed E-state index contributed by atoms with van der Waals surface area (Å²) in [5.41, 5.74) is 3.13. The molecule has 0 bridgehead atoms. The van der Waals surface area contributed by atoms with Gasteiger partial charge in [0.15, 0.2) is 5.65 Å². The van der Waals surface area contributed by atoms with Crippen LogP contribution in [-0.2, 0) is 7.05 Å². The Morgan fingerprint density at radius 2 is 2.22 bits per heavy atom. The molecule has 7 nitrogen and oxygen atoms in total. The first kappa shape index (κ1) is 13.9. The van der Waals surface area contributed by atoms with E-state index < -0.39 is 0 Å². The number of nitrogens with zero attached hydrogens (tertiary/aromatic N) is 5. The van der Waals surface area contributed by atoms with Gasteiger partial charge in [-0.15, -0.1) is 0 Å². The number of carbonyl (C=O) groups excluding carboxylic acids is 1. The van der Waals surface area contributed by atoms with Crippen molar-refractivity contribution in [2.24, 2.45) is 7.05 Å². The van der Waals surface area contributed by atoms with Crippen LogP contribution in [0.3, 0.4) is 0 Å². The summed E-state index contributed by atoms with van der Waals surface area (Å²) < 4.78 is 1.83. The predicted octanol–water partition coefficient (Wildman–Crippen LogP) is 1.71. The Morgan fingerprint density at radius 3 is 3.04 bits per heavy atom. The van der Waals surface area contributed by atoms with Gasteiger partial charge < -0.3 is 9.47 Å². The maximum atomic E-state index is 13.0. The van der Waals surface area contributed by atoms with Crippen LogP contribution in [0, 0.1) is 0 Å². The maximum absolute atomic E-state index is 13.0. The largest absolute Gasteiger partial charge is 0.338 e. The zero-order chi connectivity index (χ0) is 15.8. The molecule has 1 aliphatic rings. The van der Waals surface area contributed by atoms with Crippen LogP contribution in [0.2, 0.25) is 0 Å². The van der Waals surface area contributed by atoms with E-state index in [1.54, 1.807) is 24.8 Å². The van der Waals surface area contributed by atoms with Gasteiger partial charge in [-0.3, -0.25) is 9.89 Å². The highest BCUT2D eigenvalue weighted by molar-refractivity contribution is 6.04. The first-order chi connectivity index (χ1) is 11.2. The summed E-state index contributed by atoms with van der Waals surface area (Å²) >= 11 is 0. The normalized spacial score (nSPS) is 18.5. The third-order valence-corrected chi connectivity index (χ3v) is 4.50. The average molecular weight is 310 g/mol. The number of piperidine rings is 1. The number of rotatable bonds is 2. The van der Waals surface area contributed by atoms with Crippen LogP contribution in [0.15, 0.2) is 30.9 Å². The molecule has 0 spiro atoms. The van der Waals surface area contributed by atoms with Crippen LogP contribution in [0.1, 0.15) is 34.8 Å². The maximum Gasteiger partial charge on any atom is 0.256 e. The number of fused-ring (bicyclic) bond motifs is 1. The second-order valence-corrected chi connectivity index (χ2v) is 5.99. The van der Waals surface area contributed by atoms with Gasteiger partial charge in [-0.1, -0.05) is 0 Å². The molecule has 0 aliphatic carbocycles. The van der Waals surface area contributed by atoms with Crippen LogP contribution in [0.25, 0.3) is 11.2 Å². The third kappa shape index (κ3) is 2.38. The highest BCUT2D eigenvalue weighted by atomic mass is 16.2. The average Bonchev–Trinajstić information content (AvgIpc) is 3.25. The molecule has 4 rings (SSSR count). The van der Waals surface area contributed by atoms with Crippen LogP contribution in [0.4, 0.5) is 0 Å². The molecule has 0 radical (unpaired) electrons. The number of aromatic nitrogens is 5. The van der Waals surface area contributed by atoms with Crippen molar-refractivity contribution < 1.29 is 4.79 Å². The van der Waals surface area contributed by atoms with Crippen molar-refractivity contribution in [2.75, 3.05) is 13.1 Å². The van der Waals surface area contributed by atoms with E-state index >= 15 is 0 Å². The number of hydrogen-bond donors (Lipinski definition) is 1. The van der Waals surface area contributed by atoms with E-state index in [1.165, 1.54) is 0 Å². The minimum Gasteiger partial charge on any atom is -0.338 e. The zero-order valence-corrected chi connectivity index (χ0v) is 12.9. The number of carbonyl (C=O) groups is 1. The van der Waals surface area contributed by atoms with Crippen molar-refractivity contribution in [1.29, 1.82) is 0 Å². The number of imidazole rings is 1. The smallest absolute Gasteiger partial charge is 0.256 e. The molecule has 1 unspecified atom stereocenters. The zero-order valence-electron chi connectivity index (χ0n) is 12.9. The van der Waals surface area contributed by atoms with Gasteiger partial charge >= 0.3 is 0 Å². The number of nitrogens with one attached hydrogen (secondary N) is 1. The molecule has 0 saturated carbocycles. The van der Waals surface area contributed by atoms with E-state index in [-0.39, 0.29) is 5.91 Å². The van der Waals surface area contributed by atoms with Crippen LogP contribution < -0.4 is 0 Å². The van der Waals surface area contributed by atoms with Gasteiger partial charge in [0.2, 0.25) is 0 Å². The Morgan fingerprint density at radius 1 is 1.30 bits per heavy atom. The lowest BCUT2D eigenvalue weighted by atomic mass is 9.94. The molecule has 4 heterocycles. The van der Waals surface area contributed by atoms with Gasteiger partial charge in [-0.05, 0) is 25.0 Å². The Labute approximate surface area is 133 Å². The number of likely N-dealkylation sites (tertiary alicyclic amines) is 1. The minimum atomic E-state index is 0.0281. The second kappa shape index (κ2) is 5.49. The molecule has 7 heteroatoms. The molecule has 23 heavy (non-hydrogen) atoms. The summed E-state index contributed by atoms with van der Waals surface area (Å²) in [4.78, 5) is 23.5. The van der Waals surface area contributed by atoms with Crippen molar-refractivity contribution in [1.82, 2.24) is 29.6 Å². The van der Waals surface area contributed by atoms with Crippen LogP contribution >= 0.6 is 0 Å². The summed E-state index contributed by atoms with van der Waals surface area (Å²) in [7, 11) is 1.88. The highest BCUT2D eigenvalue weighted by Gasteiger charge is 2.27. The van der Waals surface area contributed by atoms with E-state index in [0.717, 1.165) is 30.7 Å². The molecule has 1 aliphatic heterocycles. The van der Waals surface area contributed by atoms with Crippen molar-refractivity contribution in [3.63, 3.8) is 0 Å². The number of hydrogen-bond acceptors (Lipinski definition) is 4. The molecular formula is C16H18N6O. The Bertz CT molecular complexity index is 838. The fourth-order valence-electron chi connectivity index (χ4n) is 3.28. The molecule has 0 aromatic carbocycles. The molecule has 3 aromatic rings. The van der Waals surface area contributed by atoms with Crippen molar-refractivity contribution >= 4 is 17.1 Å². The second-order valence-electron chi connectivity index (χ2n) is 5.99. The summed E-state index contributed by atoms with van der Waals surface area (Å²) in [5, 5.41) is 7.05. The summed E-state index contributed by atoms with van der Waals surface area (Å²) in [6, 6.07) is 3.75. The lowest BCUT2D eigenvalue weighted by Gasteiger charge is -2.32. The Kier molecular flexibility index (Phi) is 3.33. The molecule has 3 aromatic heterocycles. The Hall–Kier alpha value is -2.70. The van der Waals surface area contributed by atoms with E-state index in [0.29, 0.717) is 23.5 Å². The molecule has 1 N–H and O–H groups in total. The van der Waals surface area contributed by atoms with Crippen molar-refractivity contribution in [3.05, 3.63) is 42.1 Å². The van der Waals surface area contributed by atoms with Crippen LogP contribution in [0.5, 0.6) is 0 Å². The number of H-pyrrole nitrogens is 1. The summed E-state index contributed by atoms with van der Waals surface area (Å²) in [6.07, 6.45) is 7.19. The predicted molar refractivity (Wildman–Crippen MR) is 85.0 cm³/mol. The Balaban J connectivity index is 1.63. The number of pyridine rings is 1. The molecule has 1 saturated heterocycles. The fraction of sp³-hybridized carbons (Fsp3) is 0.375. The third-order valence-electron chi connectivity index (χ3n) is 4.50. The standard InChI is InChI=1S/C16H18N6O/c1-21-10-18-14-12(4-6-17-15(14)21)16(23)22-8-2-3-11(9-22)13-5-7-19-20-13/h4-7,10-11H,2-3,8-9H2,1H3,(H,19,20).